The maximum Gasteiger partial charge on any atom is 0.119 e. The van der Waals surface area contributed by atoms with E-state index in [1.807, 2.05) is 54.6 Å². The summed E-state index contributed by atoms with van der Waals surface area (Å²) < 4.78 is 5.09. The van der Waals surface area contributed by atoms with Gasteiger partial charge in [0.25, 0.3) is 0 Å². The number of benzene rings is 6. The van der Waals surface area contributed by atoms with Crippen LogP contribution in [0.2, 0.25) is 0 Å². The molecule has 0 radical (unpaired) electrons. The fraction of sp³-hybridized carbons (Fsp3) is 0.143. The number of anilines is 6. The summed E-state index contributed by atoms with van der Waals surface area (Å²) >= 11 is 0. The van der Waals surface area contributed by atoms with Crippen molar-refractivity contribution in [3.8, 4) is 5.75 Å². The van der Waals surface area contributed by atoms with E-state index < -0.39 is 0 Å². The highest BCUT2D eigenvalue weighted by Crippen LogP contribution is 2.22. The Kier molecular flexibility index (Phi) is 12.4. The van der Waals surface area contributed by atoms with Crippen LogP contribution in [-0.2, 0) is 0 Å². The van der Waals surface area contributed by atoms with Gasteiger partial charge in [0.15, 0.2) is 0 Å². The minimum absolute atomic E-state index is 0.869. The van der Waals surface area contributed by atoms with Crippen LogP contribution in [0, 0.1) is 34.6 Å². The normalized spacial score (nSPS) is 9.96. The highest BCUT2D eigenvalue weighted by molar-refractivity contribution is 5.64. The molecule has 4 heteroatoms. The lowest BCUT2D eigenvalue weighted by molar-refractivity contribution is 0.415. The SMILES string of the molecule is COc1ccc(Nc2ccccc2)cc1.Cc1ccc(Nc2ccc(C)cc2)cc1.Cc1ccc(Nc2ccc(C)cc2C)cc1. The molecule has 0 saturated heterocycles. The first-order chi connectivity index (χ1) is 22.3. The van der Waals surface area contributed by atoms with E-state index in [0.717, 1.165) is 34.2 Å². The number of hydrogen-bond acceptors (Lipinski definition) is 4. The molecule has 234 valence electrons. The van der Waals surface area contributed by atoms with Crippen molar-refractivity contribution in [2.75, 3.05) is 23.1 Å². The van der Waals surface area contributed by atoms with Crippen molar-refractivity contribution in [2.45, 2.75) is 34.6 Å². The molecule has 0 amide bonds. The molecule has 0 aliphatic heterocycles. The number of ether oxygens (including phenoxy) is 1. The summed E-state index contributed by atoms with van der Waals surface area (Å²) in [5, 5.41) is 10.1. The van der Waals surface area contributed by atoms with Crippen LogP contribution in [0.4, 0.5) is 34.1 Å². The highest BCUT2D eigenvalue weighted by atomic mass is 16.5. The Hall–Kier alpha value is -5.48. The summed E-state index contributed by atoms with van der Waals surface area (Å²) in [5.74, 6) is 0.869. The molecule has 0 aromatic heterocycles. The molecule has 0 spiro atoms. The molecule has 4 nitrogen and oxygen atoms in total. The molecule has 0 aliphatic rings. The number of nitrogens with one attached hydrogen (secondary N) is 3. The zero-order valence-corrected chi connectivity index (χ0v) is 27.8. The second kappa shape index (κ2) is 17.1. The molecule has 6 aromatic rings. The predicted molar refractivity (Wildman–Crippen MR) is 199 cm³/mol. The van der Waals surface area contributed by atoms with Gasteiger partial charge in [-0.3, -0.25) is 0 Å². The molecule has 0 saturated carbocycles. The van der Waals surface area contributed by atoms with Crippen molar-refractivity contribution in [2.24, 2.45) is 0 Å². The Morgan fingerprint density at radius 3 is 1.15 bits per heavy atom. The number of hydrogen-bond donors (Lipinski definition) is 3. The Balaban J connectivity index is 0.000000157. The molecule has 0 heterocycles. The molecule has 0 atom stereocenters. The van der Waals surface area contributed by atoms with Crippen LogP contribution in [-0.4, -0.2) is 7.11 Å². The van der Waals surface area contributed by atoms with Gasteiger partial charge in [0.1, 0.15) is 5.75 Å². The molecule has 0 aliphatic carbocycles. The Labute approximate surface area is 275 Å². The van der Waals surface area contributed by atoms with E-state index in [0.29, 0.717) is 0 Å². The van der Waals surface area contributed by atoms with Gasteiger partial charge in [-0.05, 0) is 119 Å². The van der Waals surface area contributed by atoms with E-state index in [-0.39, 0.29) is 0 Å². The van der Waals surface area contributed by atoms with Crippen molar-refractivity contribution in [3.05, 3.63) is 173 Å². The van der Waals surface area contributed by atoms with E-state index in [1.165, 1.54) is 33.5 Å². The maximum atomic E-state index is 5.09. The van der Waals surface area contributed by atoms with Crippen molar-refractivity contribution in [3.63, 3.8) is 0 Å². The summed E-state index contributed by atoms with van der Waals surface area (Å²) in [4.78, 5) is 0. The summed E-state index contributed by atoms with van der Waals surface area (Å²) in [7, 11) is 1.67. The minimum atomic E-state index is 0.869. The van der Waals surface area contributed by atoms with E-state index in [1.54, 1.807) is 7.11 Å². The van der Waals surface area contributed by atoms with Crippen LogP contribution in [0.3, 0.4) is 0 Å². The second-order valence-electron chi connectivity index (χ2n) is 11.4. The molecule has 0 unspecified atom stereocenters. The van der Waals surface area contributed by atoms with Gasteiger partial charge in [-0.25, -0.2) is 0 Å². The largest absolute Gasteiger partial charge is 0.497 e. The van der Waals surface area contributed by atoms with Crippen LogP contribution >= 0.6 is 0 Å². The summed E-state index contributed by atoms with van der Waals surface area (Å²) in [6.45, 7) is 10.5. The predicted octanol–water partition coefficient (Wildman–Crippen LogP) is 11.8. The number of methoxy groups -OCH3 is 1. The lowest BCUT2D eigenvalue weighted by Gasteiger charge is -2.10. The first-order valence-corrected chi connectivity index (χ1v) is 15.5. The second-order valence-corrected chi connectivity index (χ2v) is 11.4. The molecule has 3 N–H and O–H groups in total. The topological polar surface area (TPSA) is 45.3 Å². The van der Waals surface area contributed by atoms with Gasteiger partial charge in [-0.15, -0.1) is 0 Å². The van der Waals surface area contributed by atoms with Gasteiger partial charge in [0.2, 0.25) is 0 Å². The first kappa shape index (κ1) is 33.4. The van der Waals surface area contributed by atoms with Crippen LogP contribution < -0.4 is 20.7 Å². The summed E-state index contributed by atoms with van der Waals surface area (Å²) in [5.41, 5.74) is 13.1. The Morgan fingerprint density at radius 1 is 0.370 bits per heavy atom. The van der Waals surface area contributed by atoms with Gasteiger partial charge >= 0.3 is 0 Å². The van der Waals surface area contributed by atoms with Gasteiger partial charge < -0.3 is 20.7 Å². The fourth-order valence-electron chi connectivity index (χ4n) is 4.55. The number of aryl methyl sites for hydroxylation is 5. The van der Waals surface area contributed by atoms with Gasteiger partial charge in [-0.2, -0.15) is 0 Å². The zero-order valence-electron chi connectivity index (χ0n) is 27.8. The summed E-state index contributed by atoms with van der Waals surface area (Å²) in [6.07, 6.45) is 0. The van der Waals surface area contributed by atoms with E-state index in [2.05, 4.69) is 142 Å². The maximum absolute atomic E-state index is 5.09. The van der Waals surface area contributed by atoms with Crippen LogP contribution in [0.5, 0.6) is 5.75 Å². The van der Waals surface area contributed by atoms with Gasteiger partial charge in [0, 0.05) is 34.1 Å². The Bertz CT molecular complexity index is 1700. The highest BCUT2D eigenvalue weighted by Gasteiger charge is 1.99. The average Bonchev–Trinajstić information content (AvgIpc) is 3.07. The quantitative estimate of drug-likeness (QED) is 0.169. The fourth-order valence-corrected chi connectivity index (χ4v) is 4.55. The van der Waals surface area contributed by atoms with Crippen molar-refractivity contribution in [1.29, 1.82) is 0 Å². The third-order valence-corrected chi connectivity index (χ3v) is 7.26. The molecule has 0 fully saturated rings. The van der Waals surface area contributed by atoms with Crippen molar-refractivity contribution in [1.82, 2.24) is 0 Å². The molecular formula is C42H45N3O. The Morgan fingerprint density at radius 2 is 0.739 bits per heavy atom. The third-order valence-electron chi connectivity index (χ3n) is 7.26. The van der Waals surface area contributed by atoms with Crippen LogP contribution in [0.25, 0.3) is 0 Å². The minimum Gasteiger partial charge on any atom is -0.497 e. The molecule has 6 aromatic carbocycles. The van der Waals surface area contributed by atoms with Crippen LogP contribution in [0.1, 0.15) is 27.8 Å². The van der Waals surface area contributed by atoms with E-state index in [9.17, 15) is 0 Å². The van der Waals surface area contributed by atoms with E-state index >= 15 is 0 Å². The number of rotatable bonds is 7. The van der Waals surface area contributed by atoms with Crippen molar-refractivity contribution < 1.29 is 4.74 Å². The van der Waals surface area contributed by atoms with E-state index in [4.69, 9.17) is 4.74 Å². The average molecular weight is 608 g/mol. The molecule has 6 rings (SSSR count). The first-order valence-electron chi connectivity index (χ1n) is 15.5. The van der Waals surface area contributed by atoms with Gasteiger partial charge in [0.05, 0.1) is 7.11 Å². The monoisotopic (exact) mass is 607 g/mol. The third kappa shape index (κ3) is 11.2. The van der Waals surface area contributed by atoms with Gasteiger partial charge in [-0.1, -0.05) is 89.0 Å². The summed E-state index contributed by atoms with van der Waals surface area (Å²) in [6, 6.07) is 49.6. The molecule has 46 heavy (non-hydrogen) atoms. The standard InChI is InChI=1S/C15H17N.C14H15N.C13H13NO/c1-11-4-7-14(8-5-11)16-15-9-6-12(2)10-13(15)3;1-11-3-7-13(8-4-11)15-14-9-5-12(2)6-10-14;1-15-13-9-7-12(8-10-13)14-11-5-3-2-4-6-11/h4-10,16H,1-3H3;3-10,15H,1-2H3;2-10,14H,1H3. The lowest BCUT2D eigenvalue weighted by Crippen LogP contribution is -1.93. The smallest absolute Gasteiger partial charge is 0.119 e. The zero-order chi connectivity index (χ0) is 32.7. The molecular weight excluding hydrogens is 562 g/mol. The number of para-hydroxylation sites is 1. The molecule has 0 bridgehead atoms. The lowest BCUT2D eigenvalue weighted by atomic mass is 10.1. The van der Waals surface area contributed by atoms with Crippen molar-refractivity contribution >= 4 is 34.1 Å². The van der Waals surface area contributed by atoms with Crippen LogP contribution in [0.15, 0.2) is 146 Å².